The van der Waals surface area contributed by atoms with Crippen molar-refractivity contribution in [3.05, 3.63) is 70.4 Å². The van der Waals surface area contributed by atoms with E-state index in [1.54, 1.807) is 27.8 Å². The summed E-state index contributed by atoms with van der Waals surface area (Å²) >= 11 is 0. The number of nitrogens with zero attached hydrogens (tertiary/aromatic N) is 4. The fraction of sp³-hybridized carbons (Fsp3) is 0.423. The summed E-state index contributed by atoms with van der Waals surface area (Å²) < 4.78 is 7.09. The van der Waals surface area contributed by atoms with E-state index in [9.17, 15) is 9.59 Å². The maximum absolute atomic E-state index is 13.5. The molecule has 0 atom stereocenters. The second-order valence-electron chi connectivity index (χ2n) is 9.63. The Labute approximate surface area is 212 Å². The SMILES string of the molecule is CC(C)(C)OC(=O)N1CCN(c2nc(CCCN)cn(-c3ccc(/C(N)=C/C=C\N)cc3)c2=O)CC1. The predicted molar refractivity (Wildman–Crippen MR) is 143 cm³/mol. The third-order valence-electron chi connectivity index (χ3n) is 5.67. The summed E-state index contributed by atoms with van der Waals surface area (Å²) in [5, 5.41) is 0. The lowest BCUT2D eigenvalue weighted by molar-refractivity contribution is 0.0240. The van der Waals surface area contributed by atoms with E-state index in [0.29, 0.717) is 56.3 Å². The molecule has 0 aliphatic carbocycles. The highest BCUT2D eigenvalue weighted by molar-refractivity contribution is 5.68. The van der Waals surface area contributed by atoms with Gasteiger partial charge < -0.3 is 31.7 Å². The number of aromatic nitrogens is 2. The van der Waals surface area contributed by atoms with Gasteiger partial charge in [-0.25, -0.2) is 9.78 Å². The molecule has 36 heavy (non-hydrogen) atoms. The molecule has 10 heteroatoms. The van der Waals surface area contributed by atoms with Crippen LogP contribution in [-0.4, -0.2) is 58.9 Å². The van der Waals surface area contributed by atoms with Gasteiger partial charge in [0.15, 0.2) is 5.82 Å². The molecule has 0 spiro atoms. The molecule has 2 heterocycles. The lowest BCUT2D eigenvalue weighted by Crippen LogP contribution is -2.51. The van der Waals surface area contributed by atoms with Gasteiger partial charge in [0, 0.05) is 43.8 Å². The third-order valence-corrected chi connectivity index (χ3v) is 5.67. The first-order valence-electron chi connectivity index (χ1n) is 12.1. The van der Waals surface area contributed by atoms with E-state index < -0.39 is 5.60 Å². The van der Waals surface area contributed by atoms with Gasteiger partial charge in [0.25, 0.3) is 5.56 Å². The molecule has 1 aromatic carbocycles. The molecular formula is C26H37N7O3. The number of hydrogen-bond donors (Lipinski definition) is 3. The quantitative estimate of drug-likeness (QED) is 0.494. The Morgan fingerprint density at radius 1 is 1.14 bits per heavy atom. The molecule has 2 aromatic rings. The summed E-state index contributed by atoms with van der Waals surface area (Å²) in [6.07, 6.45) is 7.62. The maximum Gasteiger partial charge on any atom is 0.410 e. The minimum atomic E-state index is -0.558. The number of carbonyl (C=O) groups excluding carboxylic acids is 1. The van der Waals surface area contributed by atoms with Gasteiger partial charge in [-0.05, 0) is 76.2 Å². The van der Waals surface area contributed by atoms with Crippen molar-refractivity contribution < 1.29 is 9.53 Å². The zero-order valence-electron chi connectivity index (χ0n) is 21.3. The summed E-state index contributed by atoms with van der Waals surface area (Å²) in [5.74, 6) is 0.366. The van der Waals surface area contributed by atoms with Crippen molar-refractivity contribution in [2.75, 3.05) is 37.6 Å². The first kappa shape index (κ1) is 26.8. The Morgan fingerprint density at radius 2 is 1.81 bits per heavy atom. The summed E-state index contributed by atoms with van der Waals surface area (Å²) in [6.45, 7) is 7.91. The Kier molecular flexibility index (Phi) is 8.76. The molecule has 1 aliphatic heterocycles. The van der Waals surface area contributed by atoms with Crippen LogP contribution in [0, 0.1) is 0 Å². The molecule has 3 rings (SSSR count). The van der Waals surface area contributed by atoms with Crippen LogP contribution in [0.5, 0.6) is 0 Å². The van der Waals surface area contributed by atoms with E-state index in [2.05, 4.69) is 4.98 Å². The zero-order valence-corrected chi connectivity index (χ0v) is 21.3. The number of piperazine rings is 1. The Balaban J connectivity index is 1.88. The van der Waals surface area contributed by atoms with Gasteiger partial charge in [0.05, 0.1) is 5.69 Å². The van der Waals surface area contributed by atoms with Crippen molar-refractivity contribution in [1.29, 1.82) is 0 Å². The predicted octanol–water partition coefficient (Wildman–Crippen LogP) is 1.95. The highest BCUT2D eigenvalue weighted by atomic mass is 16.6. The molecule has 1 saturated heterocycles. The molecule has 0 unspecified atom stereocenters. The van der Waals surface area contributed by atoms with E-state index >= 15 is 0 Å². The first-order chi connectivity index (χ1) is 17.1. The molecule has 1 amide bonds. The molecule has 0 saturated carbocycles. The van der Waals surface area contributed by atoms with Crippen LogP contribution < -0.4 is 27.7 Å². The van der Waals surface area contributed by atoms with Gasteiger partial charge >= 0.3 is 6.09 Å². The Morgan fingerprint density at radius 3 is 2.39 bits per heavy atom. The number of carbonyl (C=O) groups is 1. The molecular weight excluding hydrogens is 458 g/mol. The van der Waals surface area contributed by atoms with Gasteiger partial charge in [-0.2, -0.15) is 0 Å². The molecule has 0 radical (unpaired) electrons. The summed E-state index contributed by atoms with van der Waals surface area (Å²) in [7, 11) is 0. The normalized spacial score (nSPS) is 14.9. The number of nitrogens with two attached hydrogens (primary N) is 3. The lowest BCUT2D eigenvalue weighted by atomic mass is 10.1. The number of rotatable bonds is 7. The van der Waals surface area contributed by atoms with Gasteiger partial charge in [-0.3, -0.25) is 9.36 Å². The van der Waals surface area contributed by atoms with E-state index in [0.717, 1.165) is 17.7 Å². The van der Waals surface area contributed by atoms with Crippen molar-refractivity contribution in [1.82, 2.24) is 14.5 Å². The highest BCUT2D eigenvalue weighted by Crippen LogP contribution is 2.18. The van der Waals surface area contributed by atoms with Crippen molar-refractivity contribution >= 4 is 17.6 Å². The van der Waals surface area contributed by atoms with Crippen molar-refractivity contribution in [2.45, 2.75) is 39.2 Å². The molecule has 1 aromatic heterocycles. The van der Waals surface area contributed by atoms with Crippen LogP contribution in [0.15, 0.2) is 53.6 Å². The number of amides is 1. The average molecular weight is 496 g/mol. The summed E-state index contributed by atoms with van der Waals surface area (Å²) in [4.78, 5) is 34.2. The number of allylic oxidation sites excluding steroid dienone is 2. The summed E-state index contributed by atoms with van der Waals surface area (Å²) in [6, 6.07) is 7.41. The number of benzene rings is 1. The van der Waals surface area contributed by atoms with Crippen molar-refractivity contribution in [3.63, 3.8) is 0 Å². The second kappa shape index (κ2) is 11.8. The molecule has 1 aliphatic rings. The standard InChI is InChI=1S/C26H37N7O3/c1-26(2,3)36-25(35)32-16-14-31(15-17-32)23-24(34)33(18-20(30-23)6-4-12-27)21-10-8-19(9-11-21)22(29)7-5-13-28/h5,7-11,13,18H,4,6,12,14-17,27-29H2,1-3H3/b13-5-,22-7-. The Hall–Kier alpha value is -3.79. The average Bonchev–Trinajstić information content (AvgIpc) is 2.86. The highest BCUT2D eigenvalue weighted by Gasteiger charge is 2.28. The van der Waals surface area contributed by atoms with Gasteiger partial charge in [-0.15, -0.1) is 0 Å². The number of hydrogen-bond acceptors (Lipinski definition) is 8. The van der Waals surface area contributed by atoms with Crippen LogP contribution in [0.25, 0.3) is 11.4 Å². The lowest BCUT2D eigenvalue weighted by Gasteiger charge is -2.36. The number of aryl methyl sites for hydroxylation is 1. The molecule has 10 nitrogen and oxygen atoms in total. The fourth-order valence-electron chi connectivity index (χ4n) is 3.83. The molecule has 0 bridgehead atoms. The minimum absolute atomic E-state index is 0.223. The van der Waals surface area contributed by atoms with Crippen LogP contribution in [0.1, 0.15) is 38.4 Å². The minimum Gasteiger partial charge on any atom is -0.444 e. The first-order valence-corrected chi connectivity index (χ1v) is 12.1. The van der Waals surface area contributed by atoms with Gasteiger partial charge in [0.1, 0.15) is 5.60 Å². The topological polar surface area (TPSA) is 146 Å². The van der Waals surface area contributed by atoms with E-state index in [1.165, 1.54) is 6.20 Å². The smallest absolute Gasteiger partial charge is 0.410 e. The van der Waals surface area contributed by atoms with Crippen LogP contribution in [0.3, 0.4) is 0 Å². The van der Waals surface area contributed by atoms with Crippen molar-refractivity contribution in [3.8, 4) is 5.69 Å². The van der Waals surface area contributed by atoms with E-state index in [1.807, 2.05) is 49.9 Å². The van der Waals surface area contributed by atoms with Crippen LogP contribution >= 0.6 is 0 Å². The zero-order chi connectivity index (χ0) is 26.3. The molecule has 6 N–H and O–H groups in total. The number of anilines is 1. The van der Waals surface area contributed by atoms with Gasteiger partial charge in [-0.1, -0.05) is 12.1 Å². The fourth-order valence-corrected chi connectivity index (χ4v) is 3.83. The second-order valence-corrected chi connectivity index (χ2v) is 9.63. The largest absolute Gasteiger partial charge is 0.444 e. The van der Waals surface area contributed by atoms with Crippen LogP contribution in [-0.2, 0) is 11.2 Å². The molecule has 1 fully saturated rings. The number of ether oxygens (including phenoxy) is 1. The third kappa shape index (κ3) is 6.88. The van der Waals surface area contributed by atoms with Crippen molar-refractivity contribution in [2.24, 2.45) is 17.2 Å². The molecule has 194 valence electrons. The van der Waals surface area contributed by atoms with E-state index in [-0.39, 0.29) is 11.7 Å². The summed E-state index contributed by atoms with van der Waals surface area (Å²) in [5.41, 5.74) is 19.3. The van der Waals surface area contributed by atoms with Crippen LogP contribution in [0.4, 0.5) is 10.6 Å². The monoisotopic (exact) mass is 495 g/mol. The maximum atomic E-state index is 13.5. The van der Waals surface area contributed by atoms with Gasteiger partial charge in [0.2, 0.25) is 0 Å². The Bertz CT molecular complexity index is 1160. The van der Waals surface area contributed by atoms with Crippen LogP contribution in [0.2, 0.25) is 0 Å². The van der Waals surface area contributed by atoms with E-state index in [4.69, 9.17) is 21.9 Å².